The average molecular weight is 228 g/mol. The van der Waals surface area contributed by atoms with Crippen molar-refractivity contribution in [3.05, 3.63) is 35.5 Å². The molecule has 1 atom stereocenters. The normalized spacial score (nSPS) is 19.2. The van der Waals surface area contributed by atoms with Gasteiger partial charge in [0.2, 0.25) is 0 Å². The Kier molecular flexibility index (Phi) is 2.48. The van der Waals surface area contributed by atoms with Crippen LogP contribution in [0, 0.1) is 0 Å². The fourth-order valence-electron chi connectivity index (χ4n) is 2.69. The van der Waals surface area contributed by atoms with Crippen molar-refractivity contribution in [3.8, 4) is 0 Å². The summed E-state index contributed by atoms with van der Waals surface area (Å²) in [4.78, 5) is 4.71. The van der Waals surface area contributed by atoms with Crippen molar-refractivity contribution >= 4 is 16.6 Å². The maximum atomic E-state index is 6.29. The molecule has 0 fully saturated rings. The first-order valence-corrected chi connectivity index (χ1v) is 6.01. The van der Waals surface area contributed by atoms with Crippen LogP contribution >= 0.6 is 0 Å². The summed E-state index contributed by atoms with van der Waals surface area (Å²) >= 11 is 0. The highest BCUT2D eigenvalue weighted by molar-refractivity contribution is 5.92. The number of aryl methyl sites for hydroxylation is 1. The number of pyridine rings is 1. The van der Waals surface area contributed by atoms with E-state index in [4.69, 9.17) is 15.5 Å². The molecule has 3 heteroatoms. The lowest BCUT2D eigenvalue weighted by Crippen LogP contribution is -2.15. The van der Waals surface area contributed by atoms with Gasteiger partial charge in [0, 0.05) is 29.4 Å². The van der Waals surface area contributed by atoms with Gasteiger partial charge < -0.3 is 10.5 Å². The number of aromatic nitrogens is 1. The molecule has 0 saturated heterocycles. The standard InChI is InChI=1S/C14H16N2O/c1-17-12-8-4-7-11-13(12)14(15)9-5-2-3-6-10(9)16-11/h2-3,5-6,12H,4,7-8H2,1H3,(H2,15,16). The molecule has 88 valence electrons. The smallest absolute Gasteiger partial charge is 0.0859 e. The van der Waals surface area contributed by atoms with E-state index in [-0.39, 0.29) is 6.10 Å². The summed E-state index contributed by atoms with van der Waals surface area (Å²) in [5, 5.41) is 1.04. The fraction of sp³-hybridized carbons (Fsp3) is 0.357. The van der Waals surface area contributed by atoms with Gasteiger partial charge in [-0.1, -0.05) is 18.2 Å². The first kappa shape index (κ1) is 10.5. The zero-order valence-electron chi connectivity index (χ0n) is 9.94. The largest absolute Gasteiger partial charge is 0.398 e. The highest BCUT2D eigenvalue weighted by Crippen LogP contribution is 2.38. The molecule has 0 aliphatic heterocycles. The molecular weight excluding hydrogens is 212 g/mol. The minimum atomic E-state index is 0.107. The van der Waals surface area contributed by atoms with Gasteiger partial charge in [0.25, 0.3) is 0 Å². The Hall–Kier alpha value is -1.61. The van der Waals surface area contributed by atoms with Crippen LogP contribution in [0.5, 0.6) is 0 Å². The van der Waals surface area contributed by atoms with Crippen LogP contribution in [0.15, 0.2) is 24.3 Å². The van der Waals surface area contributed by atoms with E-state index < -0.39 is 0 Å². The Balaban J connectivity index is 2.31. The molecule has 1 heterocycles. The molecule has 2 aromatic rings. The highest BCUT2D eigenvalue weighted by Gasteiger charge is 2.24. The topological polar surface area (TPSA) is 48.1 Å². The third kappa shape index (κ3) is 1.58. The van der Waals surface area contributed by atoms with Crippen LogP contribution in [-0.2, 0) is 11.2 Å². The number of anilines is 1. The lowest BCUT2D eigenvalue weighted by molar-refractivity contribution is 0.0882. The number of para-hydroxylation sites is 1. The van der Waals surface area contributed by atoms with Gasteiger partial charge in [-0.2, -0.15) is 0 Å². The Bertz CT molecular complexity index is 565. The van der Waals surface area contributed by atoms with Gasteiger partial charge in [0.1, 0.15) is 0 Å². The van der Waals surface area contributed by atoms with E-state index in [2.05, 4.69) is 0 Å². The Labute approximate surface area is 101 Å². The van der Waals surface area contributed by atoms with Crippen molar-refractivity contribution in [1.82, 2.24) is 4.98 Å². The van der Waals surface area contributed by atoms with Crippen molar-refractivity contribution < 1.29 is 4.74 Å². The van der Waals surface area contributed by atoms with Crippen molar-refractivity contribution in [1.29, 1.82) is 0 Å². The van der Waals surface area contributed by atoms with E-state index in [1.54, 1.807) is 7.11 Å². The van der Waals surface area contributed by atoms with E-state index in [1.165, 1.54) is 0 Å². The maximum Gasteiger partial charge on any atom is 0.0859 e. The minimum absolute atomic E-state index is 0.107. The summed E-state index contributed by atoms with van der Waals surface area (Å²) in [6.45, 7) is 0. The summed E-state index contributed by atoms with van der Waals surface area (Å²) < 4.78 is 5.53. The van der Waals surface area contributed by atoms with E-state index in [0.717, 1.165) is 47.1 Å². The zero-order valence-corrected chi connectivity index (χ0v) is 9.94. The summed E-state index contributed by atoms with van der Waals surface area (Å²) in [7, 11) is 1.74. The van der Waals surface area contributed by atoms with Gasteiger partial charge in [0.05, 0.1) is 11.6 Å². The number of nitrogens with zero attached hydrogens (tertiary/aromatic N) is 1. The first-order valence-electron chi connectivity index (χ1n) is 6.01. The van der Waals surface area contributed by atoms with Crippen LogP contribution in [0.4, 0.5) is 5.69 Å². The number of hydrogen-bond acceptors (Lipinski definition) is 3. The molecule has 1 unspecified atom stereocenters. The van der Waals surface area contributed by atoms with Crippen molar-refractivity contribution in [3.63, 3.8) is 0 Å². The number of hydrogen-bond donors (Lipinski definition) is 1. The maximum absolute atomic E-state index is 6.29. The van der Waals surface area contributed by atoms with Gasteiger partial charge in [-0.3, -0.25) is 4.98 Å². The summed E-state index contributed by atoms with van der Waals surface area (Å²) in [5.41, 5.74) is 10.3. The van der Waals surface area contributed by atoms with Crippen LogP contribution in [0.3, 0.4) is 0 Å². The van der Waals surface area contributed by atoms with Gasteiger partial charge in [-0.05, 0) is 25.3 Å². The molecule has 3 rings (SSSR count). The molecule has 0 amide bonds. The third-order valence-electron chi connectivity index (χ3n) is 3.54. The summed E-state index contributed by atoms with van der Waals surface area (Å²) in [6.07, 6.45) is 3.27. The second-order valence-electron chi connectivity index (χ2n) is 4.52. The Morgan fingerprint density at radius 1 is 1.35 bits per heavy atom. The lowest BCUT2D eigenvalue weighted by Gasteiger charge is -2.25. The number of rotatable bonds is 1. The number of ether oxygens (including phenoxy) is 1. The van der Waals surface area contributed by atoms with E-state index >= 15 is 0 Å². The molecule has 0 bridgehead atoms. The monoisotopic (exact) mass is 228 g/mol. The van der Waals surface area contributed by atoms with Gasteiger partial charge in [-0.15, -0.1) is 0 Å². The predicted molar refractivity (Wildman–Crippen MR) is 68.8 cm³/mol. The van der Waals surface area contributed by atoms with Crippen molar-refractivity contribution in [2.24, 2.45) is 0 Å². The number of fused-ring (bicyclic) bond motifs is 2. The van der Waals surface area contributed by atoms with E-state index in [0.29, 0.717) is 0 Å². The Morgan fingerprint density at radius 2 is 2.18 bits per heavy atom. The zero-order chi connectivity index (χ0) is 11.8. The molecular formula is C14H16N2O. The number of benzene rings is 1. The molecule has 1 aromatic carbocycles. The third-order valence-corrected chi connectivity index (χ3v) is 3.54. The highest BCUT2D eigenvalue weighted by atomic mass is 16.5. The summed E-state index contributed by atoms with van der Waals surface area (Å²) in [6, 6.07) is 8.04. The lowest BCUT2D eigenvalue weighted by atomic mass is 9.90. The van der Waals surface area contributed by atoms with Crippen LogP contribution < -0.4 is 5.73 Å². The van der Waals surface area contributed by atoms with Crippen molar-refractivity contribution in [2.45, 2.75) is 25.4 Å². The van der Waals surface area contributed by atoms with Crippen LogP contribution in [0.2, 0.25) is 0 Å². The fourth-order valence-corrected chi connectivity index (χ4v) is 2.69. The van der Waals surface area contributed by atoms with Crippen molar-refractivity contribution in [2.75, 3.05) is 12.8 Å². The predicted octanol–water partition coefficient (Wildman–Crippen LogP) is 2.84. The molecule has 1 aliphatic rings. The van der Waals surface area contributed by atoms with Crippen LogP contribution in [-0.4, -0.2) is 12.1 Å². The number of methoxy groups -OCH3 is 1. The molecule has 1 aliphatic carbocycles. The van der Waals surface area contributed by atoms with Gasteiger partial charge >= 0.3 is 0 Å². The molecule has 1 aromatic heterocycles. The number of nitrogens with two attached hydrogens (primary N) is 1. The molecule has 0 radical (unpaired) electrons. The first-order chi connectivity index (χ1) is 8.31. The summed E-state index contributed by atoms with van der Waals surface area (Å²) in [5.74, 6) is 0. The van der Waals surface area contributed by atoms with E-state index in [1.807, 2.05) is 24.3 Å². The van der Waals surface area contributed by atoms with Gasteiger partial charge in [-0.25, -0.2) is 0 Å². The quantitative estimate of drug-likeness (QED) is 0.816. The molecule has 17 heavy (non-hydrogen) atoms. The number of nitrogen functional groups attached to an aromatic ring is 1. The molecule has 0 spiro atoms. The van der Waals surface area contributed by atoms with Crippen LogP contribution in [0.25, 0.3) is 10.9 Å². The van der Waals surface area contributed by atoms with Gasteiger partial charge in [0.15, 0.2) is 0 Å². The van der Waals surface area contributed by atoms with Crippen LogP contribution in [0.1, 0.15) is 30.2 Å². The molecule has 2 N–H and O–H groups in total. The van der Waals surface area contributed by atoms with E-state index in [9.17, 15) is 0 Å². The average Bonchev–Trinajstić information content (AvgIpc) is 2.38. The minimum Gasteiger partial charge on any atom is -0.398 e. The Morgan fingerprint density at radius 3 is 3.00 bits per heavy atom. The second-order valence-corrected chi connectivity index (χ2v) is 4.52. The molecule has 0 saturated carbocycles. The second kappa shape index (κ2) is 4.00. The molecule has 3 nitrogen and oxygen atoms in total. The SMILES string of the molecule is COC1CCCc2nc3ccccc3c(N)c21.